The minimum absolute atomic E-state index is 0.488. The SMILES string of the molecule is COc1nsnc1C1CCCNC1. The molecule has 0 amide bonds. The first-order chi connectivity index (χ1) is 6.42. The Labute approximate surface area is 81.6 Å². The van der Waals surface area contributed by atoms with Gasteiger partial charge in [-0.05, 0) is 19.4 Å². The Kier molecular flexibility index (Phi) is 2.75. The number of piperidine rings is 1. The van der Waals surface area contributed by atoms with Crippen LogP contribution in [0.15, 0.2) is 0 Å². The lowest BCUT2D eigenvalue weighted by Crippen LogP contribution is -2.28. The molecule has 1 aliphatic heterocycles. The van der Waals surface area contributed by atoms with Crippen molar-refractivity contribution >= 4 is 11.7 Å². The highest BCUT2D eigenvalue weighted by atomic mass is 32.1. The summed E-state index contributed by atoms with van der Waals surface area (Å²) in [5.41, 5.74) is 1.03. The molecule has 0 spiro atoms. The fraction of sp³-hybridized carbons (Fsp3) is 0.750. The third-order valence-corrected chi connectivity index (χ3v) is 2.88. The van der Waals surface area contributed by atoms with Gasteiger partial charge in [0.25, 0.3) is 0 Å². The van der Waals surface area contributed by atoms with Crippen molar-refractivity contribution in [2.75, 3.05) is 20.2 Å². The first kappa shape index (κ1) is 8.90. The van der Waals surface area contributed by atoms with Crippen molar-refractivity contribution < 1.29 is 4.74 Å². The number of aromatic nitrogens is 2. The van der Waals surface area contributed by atoms with Gasteiger partial charge in [-0.25, -0.2) is 0 Å². The molecule has 5 heteroatoms. The zero-order valence-electron chi connectivity index (χ0n) is 7.62. The highest BCUT2D eigenvalue weighted by Gasteiger charge is 2.22. The van der Waals surface area contributed by atoms with Gasteiger partial charge in [-0.3, -0.25) is 0 Å². The molecule has 2 rings (SSSR count). The number of methoxy groups -OCH3 is 1. The van der Waals surface area contributed by atoms with Crippen molar-refractivity contribution in [2.24, 2.45) is 0 Å². The fourth-order valence-corrected chi connectivity index (χ4v) is 2.26. The largest absolute Gasteiger partial charge is 0.479 e. The van der Waals surface area contributed by atoms with E-state index < -0.39 is 0 Å². The lowest BCUT2D eigenvalue weighted by molar-refractivity contribution is 0.379. The van der Waals surface area contributed by atoms with E-state index in [-0.39, 0.29) is 0 Å². The van der Waals surface area contributed by atoms with Crippen LogP contribution in [0.5, 0.6) is 5.88 Å². The predicted molar refractivity (Wildman–Crippen MR) is 51.3 cm³/mol. The minimum atomic E-state index is 0.488. The van der Waals surface area contributed by atoms with Crippen LogP contribution in [0.1, 0.15) is 24.5 Å². The van der Waals surface area contributed by atoms with Gasteiger partial charge in [0.1, 0.15) is 5.69 Å². The lowest BCUT2D eigenvalue weighted by Gasteiger charge is -2.20. The maximum atomic E-state index is 5.15. The van der Waals surface area contributed by atoms with Crippen molar-refractivity contribution in [2.45, 2.75) is 18.8 Å². The first-order valence-corrected chi connectivity index (χ1v) is 5.22. The molecule has 1 aliphatic rings. The maximum Gasteiger partial charge on any atom is 0.249 e. The Bertz CT molecular complexity index is 270. The zero-order chi connectivity index (χ0) is 9.10. The number of hydrogen-bond acceptors (Lipinski definition) is 5. The van der Waals surface area contributed by atoms with E-state index in [9.17, 15) is 0 Å². The van der Waals surface area contributed by atoms with E-state index in [2.05, 4.69) is 14.1 Å². The maximum absolute atomic E-state index is 5.15. The van der Waals surface area contributed by atoms with Crippen molar-refractivity contribution in [1.29, 1.82) is 0 Å². The third kappa shape index (κ3) is 1.81. The molecule has 1 atom stereocenters. The van der Waals surface area contributed by atoms with Gasteiger partial charge in [-0.15, -0.1) is 4.37 Å². The molecule has 0 aliphatic carbocycles. The molecule has 1 saturated heterocycles. The second kappa shape index (κ2) is 4.02. The molecular formula is C8H13N3OS. The molecule has 1 fully saturated rings. The molecule has 4 nitrogen and oxygen atoms in total. The number of nitrogens with zero attached hydrogens (tertiary/aromatic N) is 2. The summed E-state index contributed by atoms with van der Waals surface area (Å²) in [5.74, 6) is 1.20. The van der Waals surface area contributed by atoms with E-state index in [4.69, 9.17) is 4.74 Å². The highest BCUT2D eigenvalue weighted by molar-refractivity contribution is 6.99. The summed E-state index contributed by atoms with van der Waals surface area (Å²) >= 11 is 1.23. The predicted octanol–water partition coefficient (Wildman–Crippen LogP) is 1.01. The highest BCUT2D eigenvalue weighted by Crippen LogP contribution is 2.28. The van der Waals surface area contributed by atoms with E-state index in [0.29, 0.717) is 11.8 Å². The lowest BCUT2D eigenvalue weighted by atomic mass is 9.96. The molecule has 72 valence electrons. The van der Waals surface area contributed by atoms with E-state index in [1.54, 1.807) is 7.11 Å². The van der Waals surface area contributed by atoms with E-state index in [0.717, 1.165) is 18.8 Å². The average Bonchev–Trinajstić information content (AvgIpc) is 2.67. The van der Waals surface area contributed by atoms with Gasteiger partial charge in [-0.1, -0.05) is 0 Å². The van der Waals surface area contributed by atoms with Gasteiger partial charge in [0.05, 0.1) is 18.8 Å². The van der Waals surface area contributed by atoms with Gasteiger partial charge < -0.3 is 10.1 Å². The fourth-order valence-electron chi connectivity index (χ4n) is 1.66. The quantitative estimate of drug-likeness (QED) is 0.772. The molecule has 0 radical (unpaired) electrons. The van der Waals surface area contributed by atoms with Crippen molar-refractivity contribution in [1.82, 2.24) is 14.1 Å². The van der Waals surface area contributed by atoms with Crippen LogP contribution in [-0.4, -0.2) is 28.9 Å². The molecule has 1 aromatic rings. The van der Waals surface area contributed by atoms with Crippen molar-refractivity contribution in [3.63, 3.8) is 0 Å². The van der Waals surface area contributed by atoms with Crippen LogP contribution in [0.3, 0.4) is 0 Å². The number of nitrogens with one attached hydrogen (secondary N) is 1. The van der Waals surface area contributed by atoms with Crippen molar-refractivity contribution in [3.8, 4) is 5.88 Å². The first-order valence-electron chi connectivity index (χ1n) is 4.49. The summed E-state index contributed by atoms with van der Waals surface area (Å²) in [6, 6.07) is 0. The summed E-state index contributed by atoms with van der Waals surface area (Å²) in [4.78, 5) is 0. The Morgan fingerprint density at radius 2 is 2.46 bits per heavy atom. The van der Waals surface area contributed by atoms with Gasteiger partial charge in [-0.2, -0.15) is 4.37 Å². The van der Waals surface area contributed by atoms with Crippen LogP contribution in [0, 0.1) is 0 Å². The summed E-state index contributed by atoms with van der Waals surface area (Å²) in [6.07, 6.45) is 2.40. The standard InChI is InChI=1S/C8H13N3OS/c1-12-8-7(10-13-11-8)6-3-2-4-9-5-6/h6,9H,2-5H2,1H3. The summed E-state index contributed by atoms with van der Waals surface area (Å²) in [7, 11) is 1.65. The molecule has 1 unspecified atom stereocenters. The Balaban J connectivity index is 2.13. The van der Waals surface area contributed by atoms with E-state index in [1.807, 2.05) is 0 Å². The van der Waals surface area contributed by atoms with Crippen LogP contribution in [0.2, 0.25) is 0 Å². The molecule has 1 N–H and O–H groups in total. The van der Waals surface area contributed by atoms with Crippen LogP contribution in [-0.2, 0) is 0 Å². The normalized spacial score (nSPS) is 23.0. The molecule has 0 bridgehead atoms. The average molecular weight is 199 g/mol. The number of rotatable bonds is 2. The van der Waals surface area contributed by atoms with Gasteiger partial charge in [0, 0.05) is 12.5 Å². The minimum Gasteiger partial charge on any atom is -0.479 e. The second-order valence-corrected chi connectivity index (χ2v) is 3.73. The van der Waals surface area contributed by atoms with Crippen LogP contribution < -0.4 is 10.1 Å². The van der Waals surface area contributed by atoms with Crippen LogP contribution in [0.4, 0.5) is 0 Å². The molecule has 13 heavy (non-hydrogen) atoms. The second-order valence-electron chi connectivity index (χ2n) is 3.20. The molecule has 0 aromatic carbocycles. The van der Waals surface area contributed by atoms with Gasteiger partial charge in [0.2, 0.25) is 5.88 Å². The molecular weight excluding hydrogens is 186 g/mol. The molecule has 0 saturated carbocycles. The van der Waals surface area contributed by atoms with Crippen LogP contribution >= 0.6 is 11.7 Å². The zero-order valence-corrected chi connectivity index (χ0v) is 8.43. The van der Waals surface area contributed by atoms with E-state index in [1.165, 1.54) is 24.6 Å². The Hall–Kier alpha value is -0.680. The number of hydrogen-bond donors (Lipinski definition) is 1. The molecule has 1 aromatic heterocycles. The molecule has 2 heterocycles. The number of ether oxygens (including phenoxy) is 1. The van der Waals surface area contributed by atoms with Crippen molar-refractivity contribution in [3.05, 3.63) is 5.69 Å². The summed E-state index contributed by atoms with van der Waals surface area (Å²) in [6.45, 7) is 2.12. The Morgan fingerprint density at radius 3 is 3.15 bits per heavy atom. The van der Waals surface area contributed by atoms with E-state index >= 15 is 0 Å². The smallest absolute Gasteiger partial charge is 0.249 e. The van der Waals surface area contributed by atoms with Crippen LogP contribution in [0.25, 0.3) is 0 Å². The van der Waals surface area contributed by atoms with Gasteiger partial charge in [0.15, 0.2) is 0 Å². The topological polar surface area (TPSA) is 47.0 Å². The summed E-state index contributed by atoms with van der Waals surface area (Å²) < 4.78 is 13.5. The Morgan fingerprint density at radius 1 is 1.54 bits per heavy atom. The summed E-state index contributed by atoms with van der Waals surface area (Å²) in [5, 5.41) is 3.36. The third-order valence-electron chi connectivity index (χ3n) is 2.36. The van der Waals surface area contributed by atoms with Gasteiger partial charge >= 0.3 is 0 Å². The monoisotopic (exact) mass is 199 g/mol.